The highest BCUT2D eigenvalue weighted by Crippen LogP contribution is 2.31. The third kappa shape index (κ3) is 3.68. The molecule has 0 saturated carbocycles. The number of likely N-dealkylation sites (tertiary alicyclic amines) is 1. The van der Waals surface area contributed by atoms with Crippen molar-refractivity contribution < 1.29 is 18.1 Å². The third-order valence-electron chi connectivity index (χ3n) is 4.42. The topological polar surface area (TPSA) is 59.2 Å². The van der Waals surface area contributed by atoms with E-state index < -0.39 is 11.6 Å². The van der Waals surface area contributed by atoms with Gasteiger partial charge in [0.05, 0.1) is 10.9 Å². The standard InChI is InChI=1S/C19H14ClF2N3O2/c20-16-4-2-1-3-15(16)18-23-19(27-24-18)12-7-17(26)25(10-12)9-11-5-13(21)8-14(22)6-11/h1-6,8,12H,7,9-10H2/t12-/m1/s1. The zero-order chi connectivity index (χ0) is 19.0. The summed E-state index contributed by atoms with van der Waals surface area (Å²) in [6.45, 7) is 0.455. The fourth-order valence-electron chi connectivity index (χ4n) is 3.17. The summed E-state index contributed by atoms with van der Waals surface area (Å²) in [5.41, 5.74) is 1.04. The summed E-state index contributed by atoms with van der Waals surface area (Å²) in [4.78, 5) is 18.2. The van der Waals surface area contributed by atoms with Gasteiger partial charge < -0.3 is 9.42 Å². The average molecular weight is 390 g/mol. The van der Waals surface area contributed by atoms with E-state index >= 15 is 0 Å². The molecule has 0 radical (unpaired) electrons. The number of hydrogen-bond donors (Lipinski definition) is 0. The van der Waals surface area contributed by atoms with Crippen LogP contribution >= 0.6 is 11.6 Å². The van der Waals surface area contributed by atoms with Gasteiger partial charge in [-0.25, -0.2) is 8.78 Å². The SMILES string of the molecule is O=C1C[C@@H](c2nc(-c3ccccc3Cl)no2)CN1Cc1cc(F)cc(F)c1. The zero-order valence-corrected chi connectivity index (χ0v) is 14.8. The minimum atomic E-state index is -0.672. The third-order valence-corrected chi connectivity index (χ3v) is 4.75. The summed E-state index contributed by atoms with van der Waals surface area (Å²) in [5, 5.41) is 4.45. The molecule has 138 valence electrons. The van der Waals surface area contributed by atoms with Crippen LogP contribution in [-0.2, 0) is 11.3 Å². The summed E-state index contributed by atoms with van der Waals surface area (Å²) >= 11 is 6.14. The highest BCUT2D eigenvalue weighted by molar-refractivity contribution is 6.33. The number of carbonyl (C=O) groups excluding carboxylic acids is 1. The van der Waals surface area contributed by atoms with Gasteiger partial charge in [0.1, 0.15) is 11.6 Å². The maximum atomic E-state index is 13.3. The van der Waals surface area contributed by atoms with Crippen molar-refractivity contribution in [2.45, 2.75) is 18.9 Å². The van der Waals surface area contributed by atoms with Crippen LogP contribution < -0.4 is 0 Å². The highest BCUT2D eigenvalue weighted by atomic mass is 35.5. The van der Waals surface area contributed by atoms with Crippen LogP contribution in [0.2, 0.25) is 5.02 Å². The monoisotopic (exact) mass is 389 g/mol. The molecule has 1 aromatic heterocycles. The molecule has 1 amide bonds. The lowest BCUT2D eigenvalue weighted by Gasteiger charge is -2.16. The molecule has 0 bridgehead atoms. The van der Waals surface area contributed by atoms with E-state index in [9.17, 15) is 13.6 Å². The van der Waals surface area contributed by atoms with E-state index in [0.29, 0.717) is 34.4 Å². The van der Waals surface area contributed by atoms with Gasteiger partial charge in [-0.3, -0.25) is 4.79 Å². The van der Waals surface area contributed by atoms with Gasteiger partial charge in [0.25, 0.3) is 0 Å². The second-order valence-corrected chi connectivity index (χ2v) is 6.80. The van der Waals surface area contributed by atoms with Crippen LogP contribution in [0.25, 0.3) is 11.4 Å². The number of aromatic nitrogens is 2. The lowest BCUT2D eigenvalue weighted by Crippen LogP contribution is -2.24. The molecule has 3 aromatic rings. The molecule has 2 aromatic carbocycles. The number of benzene rings is 2. The van der Waals surface area contributed by atoms with E-state index in [1.165, 1.54) is 17.0 Å². The van der Waals surface area contributed by atoms with E-state index in [4.69, 9.17) is 16.1 Å². The van der Waals surface area contributed by atoms with Crippen molar-refractivity contribution in [2.24, 2.45) is 0 Å². The van der Waals surface area contributed by atoms with Crippen LogP contribution in [0.3, 0.4) is 0 Å². The largest absolute Gasteiger partial charge is 0.339 e. The summed E-state index contributed by atoms with van der Waals surface area (Å²) < 4.78 is 32.0. The molecule has 8 heteroatoms. The van der Waals surface area contributed by atoms with Gasteiger partial charge in [0, 0.05) is 31.1 Å². The first kappa shape index (κ1) is 17.6. The number of carbonyl (C=O) groups is 1. The van der Waals surface area contributed by atoms with Crippen LogP contribution in [0.1, 0.15) is 23.8 Å². The molecular formula is C19H14ClF2N3O2. The first-order valence-electron chi connectivity index (χ1n) is 8.31. The van der Waals surface area contributed by atoms with Crippen molar-refractivity contribution in [1.82, 2.24) is 15.0 Å². The second kappa shape index (κ2) is 7.08. The molecule has 1 aliphatic heterocycles. The Labute approximate surface area is 158 Å². The Balaban J connectivity index is 1.50. The summed E-state index contributed by atoms with van der Waals surface area (Å²) in [6.07, 6.45) is 0.196. The van der Waals surface area contributed by atoms with Gasteiger partial charge in [0.2, 0.25) is 17.6 Å². The fraction of sp³-hybridized carbons (Fsp3) is 0.211. The van der Waals surface area contributed by atoms with Gasteiger partial charge in [0.15, 0.2) is 0 Å². The molecule has 5 nitrogen and oxygen atoms in total. The van der Waals surface area contributed by atoms with Crippen LogP contribution in [0, 0.1) is 11.6 Å². The maximum Gasteiger partial charge on any atom is 0.232 e. The Kier molecular flexibility index (Phi) is 4.61. The molecule has 1 fully saturated rings. The molecule has 0 aliphatic carbocycles. The predicted octanol–water partition coefficient (Wildman–Crippen LogP) is 4.18. The van der Waals surface area contributed by atoms with E-state index in [-0.39, 0.29) is 24.8 Å². The normalized spacial score (nSPS) is 16.9. The Morgan fingerprint density at radius 1 is 1.19 bits per heavy atom. The first-order chi connectivity index (χ1) is 13.0. The van der Waals surface area contributed by atoms with E-state index in [0.717, 1.165) is 6.07 Å². The molecule has 27 heavy (non-hydrogen) atoms. The molecule has 2 heterocycles. The minimum absolute atomic E-state index is 0.121. The number of halogens is 3. The molecule has 0 spiro atoms. The van der Waals surface area contributed by atoms with Crippen LogP contribution in [-0.4, -0.2) is 27.5 Å². The Bertz CT molecular complexity index is 988. The van der Waals surface area contributed by atoms with Crippen molar-refractivity contribution in [2.75, 3.05) is 6.54 Å². The Morgan fingerprint density at radius 2 is 1.93 bits per heavy atom. The molecular weight excluding hydrogens is 376 g/mol. The molecule has 0 unspecified atom stereocenters. The number of hydrogen-bond acceptors (Lipinski definition) is 4. The molecule has 4 rings (SSSR count). The number of amides is 1. The maximum absolute atomic E-state index is 13.3. The fourth-order valence-corrected chi connectivity index (χ4v) is 3.39. The van der Waals surface area contributed by atoms with Crippen LogP contribution in [0.15, 0.2) is 47.0 Å². The smallest absolute Gasteiger partial charge is 0.232 e. The number of rotatable bonds is 4. The van der Waals surface area contributed by atoms with Gasteiger partial charge in [-0.1, -0.05) is 28.9 Å². The summed E-state index contributed by atoms with van der Waals surface area (Å²) in [7, 11) is 0. The van der Waals surface area contributed by atoms with E-state index in [1.807, 2.05) is 6.07 Å². The van der Waals surface area contributed by atoms with Crippen molar-refractivity contribution in [3.63, 3.8) is 0 Å². The lowest BCUT2D eigenvalue weighted by molar-refractivity contribution is -0.128. The van der Waals surface area contributed by atoms with Crippen molar-refractivity contribution in [3.8, 4) is 11.4 Å². The van der Waals surface area contributed by atoms with E-state index in [2.05, 4.69) is 10.1 Å². The summed E-state index contributed by atoms with van der Waals surface area (Å²) in [6, 6.07) is 10.4. The lowest BCUT2D eigenvalue weighted by atomic mass is 10.1. The van der Waals surface area contributed by atoms with Crippen LogP contribution in [0.4, 0.5) is 8.78 Å². The van der Waals surface area contributed by atoms with Gasteiger partial charge in [-0.05, 0) is 29.8 Å². The quantitative estimate of drug-likeness (QED) is 0.671. The first-order valence-corrected chi connectivity index (χ1v) is 8.68. The molecule has 1 saturated heterocycles. The van der Waals surface area contributed by atoms with Crippen LogP contribution in [0.5, 0.6) is 0 Å². The molecule has 1 aliphatic rings. The van der Waals surface area contributed by atoms with Crippen molar-refractivity contribution >= 4 is 17.5 Å². The molecule has 1 atom stereocenters. The Hall–Kier alpha value is -2.80. The molecule has 0 N–H and O–H groups in total. The Morgan fingerprint density at radius 3 is 2.67 bits per heavy atom. The second-order valence-electron chi connectivity index (χ2n) is 6.39. The minimum Gasteiger partial charge on any atom is -0.339 e. The van der Waals surface area contributed by atoms with Gasteiger partial charge in [-0.2, -0.15) is 4.98 Å². The summed E-state index contributed by atoms with van der Waals surface area (Å²) in [5.74, 6) is -1.06. The highest BCUT2D eigenvalue weighted by Gasteiger charge is 2.34. The average Bonchev–Trinajstić information content (AvgIpc) is 3.22. The predicted molar refractivity (Wildman–Crippen MR) is 93.9 cm³/mol. The van der Waals surface area contributed by atoms with Gasteiger partial charge in [-0.15, -0.1) is 0 Å². The zero-order valence-electron chi connectivity index (χ0n) is 14.0. The van der Waals surface area contributed by atoms with Crippen molar-refractivity contribution in [1.29, 1.82) is 0 Å². The van der Waals surface area contributed by atoms with Gasteiger partial charge >= 0.3 is 0 Å². The van der Waals surface area contributed by atoms with Crippen molar-refractivity contribution in [3.05, 3.63) is 70.6 Å². The number of nitrogens with zero attached hydrogens (tertiary/aromatic N) is 3. The van der Waals surface area contributed by atoms with E-state index in [1.54, 1.807) is 18.2 Å².